The highest BCUT2D eigenvalue weighted by Crippen LogP contribution is 2.33. The Morgan fingerprint density at radius 2 is 2.06 bits per heavy atom. The van der Waals surface area contributed by atoms with Crippen molar-refractivity contribution in [3.8, 4) is 0 Å². The Hall–Kier alpha value is -2.78. The molecule has 5 rings (SSSR count). The molecule has 2 aromatic heterocycles. The van der Waals surface area contributed by atoms with Gasteiger partial charge >= 0.3 is 5.97 Å². The maximum atomic E-state index is 13.9. The largest absolute Gasteiger partial charge is 0.461 e. The Morgan fingerprint density at radius 3 is 2.76 bits per heavy atom. The standard InChI is InChI=1S/C24H31N5O4/c1-2-33-24(31)21-19-16-28(9-7-20(19)29(26-21)15-17-5-6-17)23(30)22(18-4-3-8-25-14-18)27-10-12-32-13-11-27/h3-4,8,14,17,22H,2,5-7,9-13,15-16H2,1H3. The molecule has 33 heavy (non-hydrogen) atoms. The number of amides is 1. The van der Waals surface area contributed by atoms with Crippen LogP contribution in [-0.4, -0.2) is 75.9 Å². The number of fused-ring (bicyclic) bond motifs is 1. The van der Waals surface area contributed by atoms with Gasteiger partial charge in [-0.25, -0.2) is 4.79 Å². The zero-order chi connectivity index (χ0) is 22.8. The van der Waals surface area contributed by atoms with Crippen LogP contribution in [0.1, 0.15) is 53.1 Å². The molecule has 176 valence electrons. The van der Waals surface area contributed by atoms with Crippen LogP contribution in [-0.2, 0) is 33.8 Å². The molecular weight excluding hydrogens is 422 g/mol. The van der Waals surface area contributed by atoms with Crippen molar-refractivity contribution in [2.24, 2.45) is 5.92 Å². The monoisotopic (exact) mass is 453 g/mol. The van der Waals surface area contributed by atoms with Crippen molar-refractivity contribution in [2.45, 2.75) is 45.3 Å². The Bertz CT molecular complexity index is 998. The predicted molar refractivity (Wildman–Crippen MR) is 119 cm³/mol. The van der Waals surface area contributed by atoms with E-state index in [2.05, 4.69) is 15.0 Å². The van der Waals surface area contributed by atoms with Gasteiger partial charge in [0, 0.05) is 62.8 Å². The molecule has 1 saturated heterocycles. The van der Waals surface area contributed by atoms with Crippen LogP contribution in [0.3, 0.4) is 0 Å². The molecule has 1 unspecified atom stereocenters. The zero-order valence-corrected chi connectivity index (χ0v) is 19.1. The van der Waals surface area contributed by atoms with Crippen LogP contribution >= 0.6 is 0 Å². The first-order valence-electron chi connectivity index (χ1n) is 11.9. The van der Waals surface area contributed by atoms with Crippen LogP contribution in [0.4, 0.5) is 0 Å². The molecule has 2 aromatic rings. The van der Waals surface area contributed by atoms with E-state index in [1.54, 1.807) is 19.3 Å². The van der Waals surface area contributed by atoms with E-state index in [0.29, 0.717) is 64.0 Å². The quantitative estimate of drug-likeness (QED) is 0.591. The fraction of sp³-hybridized carbons (Fsp3) is 0.583. The first-order chi connectivity index (χ1) is 16.2. The third-order valence-corrected chi connectivity index (χ3v) is 6.69. The summed E-state index contributed by atoms with van der Waals surface area (Å²) in [6, 6.07) is 3.40. The Kier molecular flexibility index (Phi) is 6.41. The van der Waals surface area contributed by atoms with Crippen molar-refractivity contribution in [1.29, 1.82) is 0 Å². The molecule has 1 saturated carbocycles. The van der Waals surface area contributed by atoms with Crippen LogP contribution in [0.5, 0.6) is 0 Å². The number of hydrogen-bond donors (Lipinski definition) is 0. The molecule has 0 radical (unpaired) electrons. The summed E-state index contributed by atoms with van der Waals surface area (Å²) in [6.07, 6.45) is 6.59. The van der Waals surface area contributed by atoms with Crippen molar-refractivity contribution >= 4 is 11.9 Å². The van der Waals surface area contributed by atoms with Crippen molar-refractivity contribution in [3.05, 3.63) is 47.0 Å². The van der Waals surface area contributed by atoms with Crippen molar-refractivity contribution in [3.63, 3.8) is 0 Å². The van der Waals surface area contributed by atoms with E-state index in [-0.39, 0.29) is 5.91 Å². The maximum absolute atomic E-state index is 13.9. The average molecular weight is 454 g/mol. The smallest absolute Gasteiger partial charge is 0.359 e. The summed E-state index contributed by atoms with van der Waals surface area (Å²) >= 11 is 0. The molecule has 0 spiro atoms. The highest BCUT2D eigenvalue weighted by atomic mass is 16.5. The van der Waals surface area contributed by atoms with Gasteiger partial charge < -0.3 is 14.4 Å². The van der Waals surface area contributed by atoms with Crippen LogP contribution in [0.25, 0.3) is 0 Å². The van der Waals surface area contributed by atoms with Gasteiger partial charge in [-0.3, -0.25) is 19.4 Å². The number of ether oxygens (including phenoxy) is 2. The second kappa shape index (κ2) is 9.61. The number of esters is 1. The first-order valence-corrected chi connectivity index (χ1v) is 11.9. The minimum Gasteiger partial charge on any atom is -0.461 e. The third-order valence-electron chi connectivity index (χ3n) is 6.69. The van der Waals surface area contributed by atoms with Gasteiger partial charge in [0.25, 0.3) is 0 Å². The molecule has 1 amide bonds. The van der Waals surface area contributed by atoms with E-state index in [1.807, 2.05) is 21.7 Å². The zero-order valence-electron chi connectivity index (χ0n) is 19.1. The number of carbonyl (C=O) groups excluding carboxylic acids is 2. The highest BCUT2D eigenvalue weighted by molar-refractivity contribution is 5.90. The van der Waals surface area contributed by atoms with Gasteiger partial charge in [-0.2, -0.15) is 5.10 Å². The fourth-order valence-corrected chi connectivity index (χ4v) is 4.79. The maximum Gasteiger partial charge on any atom is 0.359 e. The lowest BCUT2D eigenvalue weighted by Crippen LogP contribution is -2.48. The normalized spacial score (nSPS) is 19.7. The lowest BCUT2D eigenvalue weighted by atomic mass is 10.0. The number of rotatable bonds is 7. The van der Waals surface area contributed by atoms with E-state index in [1.165, 1.54) is 12.8 Å². The van der Waals surface area contributed by atoms with Crippen LogP contribution < -0.4 is 0 Å². The van der Waals surface area contributed by atoms with Crippen molar-refractivity contribution in [1.82, 2.24) is 24.6 Å². The molecule has 2 fully saturated rings. The summed E-state index contributed by atoms with van der Waals surface area (Å²) in [4.78, 5) is 34.8. The van der Waals surface area contributed by atoms with Gasteiger partial charge in [0.05, 0.1) is 19.8 Å². The molecule has 1 aliphatic carbocycles. The van der Waals surface area contributed by atoms with Gasteiger partial charge in [-0.05, 0) is 37.3 Å². The topological polar surface area (TPSA) is 89.8 Å². The molecule has 4 heterocycles. The summed E-state index contributed by atoms with van der Waals surface area (Å²) in [5.74, 6) is 0.259. The van der Waals surface area contributed by atoms with Crippen LogP contribution in [0.15, 0.2) is 24.5 Å². The Morgan fingerprint density at radius 1 is 1.24 bits per heavy atom. The van der Waals surface area contributed by atoms with Gasteiger partial charge in [0.2, 0.25) is 5.91 Å². The van der Waals surface area contributed by atoms with E-state index in [9.17, 15) is 9.59 Å². The molecule has 9 nitrogen and oxygen atoms in total. The molecule has 3 aliphatic rings. The van der Waals surface area contributed by atoms with Crippen molar-refractivity contribution < 1.29 is 19.1 Å². The third kappa shape index (κ3) is 4.65. The van der Waals surface area contributed by atoms with E-state index >= 15 is 0 Å². The minimum absolute atomic E-state index is 0.0281. The second-order valence-electron chi connectivity index (χ2n) is 8.97. The summed E-state index contributed by atoms with van der Waals surface area (Å²) in [5, 5.41) is 4.64. The van der Waals surface area contributed by atoms with Gasteiger partial charge in [0.15, 0.2) is 5.69 Å². The number of morpholine rings is 1. The van der Waals surface area contributed by atoms with Gasteiger partial charge in [0.1, 0.15) is 6.04 Å². The summed E-state index contributed by atoms with van der Waals surface area (Å²) in [6.45, 7) is 6.50. The molecule has 0 bridgehead atoms. The van der Waals surface area contributed by atoms with E-state index < -0.39 is 12.0 Å². The van der Waals surface area contributed by atoms with Gasteiger partial charge in [-0.1, -0.05) is 6.07 Å². The molecule has 0 N–H and O–H groups in total. The number of carbonyl (C=O) groups is 2. The van der Waals surface area contributed by atoms with Crippen LogP contribution in [0.2, 0.25) is 0 Å². The summed E-state index contributed by atoms with van der Waals surface area (Å²) in [5.41, 5.74) is 3.14. The summed E-state index contributed by atoms with van der Waals surface area (Å²) < 4.78 is 12.8. The number of hydrogen-bond acceptors (Lipinski definition) is 7. The molecule has 0 aromatic carbocycles. The minimum atomic E-state index is -0.420. The lowest BCUT2D eigenvalue weighted by molar-refractivity contribution is -0.140. The average Bonchev–Trinajstić information content (AvgIpc) is 3.60. The Labute approximate surface area is 193 Å². The molecule has 9 heteroatoms. The highest BCUT2D eigenvalue weighted by Gasteiger charge is 2.37. The first kappa shape index (κ1) is 22.0. The van der Waals surface area contributed by atoms with E-state index in [0.717, 1.165) is 23.4 Å². The molecular formula is C24H31N5O4. The van der Waals surface area contributed by atoms with E-state index in [4.69, 9.17) is 9.47 Å². The lowest BCUT2D eigenvalue weighted by Gasteiger charge is -2.38. The predicted octanol–water partition coefficient (Wildman–Crippen LogP) is 1.82. The van der Waals surface area contributed by atoms with Crippen molar-refractivity contribution in [2.75, 3.05) is 39.5 Å². The number of nitrogens with zero attached hydrogens (tertiary/aromatic N) is 5. The fourth-order valence-electron chi connectivity index (χ4n) is 4.79. The summed E-state index contributed by atoms with van der Waals surface area (Å²) in [7, 11) is 0. The molecule has 2 aliphatic heterocycles. The molecule has 1 atom stereocenters. The SMILES string of the molecule is CCOC(=O)c1nn(CC2CC2)c2c1CN(C(=O)C(c1cccnc1)N1CCOCC1)CC2. The second-order valence-corrected chi connectivity index (χ2v) is 8.97. The van der Waals surface area contributed by atoms with Crippen LogP contribution in [0, 0.1) is 5.92 Å². The van der Waals surface area contributed by atoms with Gasteiger partial charge in [-0.15, -0.1) is 0 Å². The Balaban J connectivity index is 1.43. The number of aromatic nitrogens is 3. The number of pyridine rings is 1.